The predicted molar refractivity (Wildman–Crippen MR) is 66.7 cm³/mol. The van der Waals surface area contributed by atoms with Gasteiger partial charge in [-0.3, -0.25) is 0 Å². The number of hydrogen-bond donors (Lipinski definition) is 0. The van der Waals surface area contributed by atoms with Gasteiger partial charge in [0.05, 0.1) is 0 Å². The Morgan fingerprint density at radius 3 is 2.67 bits per heavy atom. The molecule has 0 heterocycles. The van der Waals surface area contributed by atoms with Crippen LogP contribution in [0.15, 0.2) is 23.3 Å². The zero-order valence-corrected chi connectivity index (χ0v) is 10.6. The predicted octanol–water partition coefficient (Wildman–Crippen LogP) is 4.58. The summed E-state index contributed by atoms with van der Waals surface area (Å²) in [7, 11) is 0. The molecule has 2 rings (SSSR count). The van der Waals surface area contributed by atoms with Crippen molar-refractivity contribution in [1.29, 1.82) is 0 Å². The molecule has 0 saturated heterocycles. The zero-order valence-electron chi connectivity index (χ0n) is 10.6. The molecule has 84 valence electrons. The van der Waals surface area contributed by atoms with E-state index in [1.165, 1.54) is 24.8 Å². The van der Waals surface area contributed by atoms with Gasteiger partial charge in [-0.15, -0.1) is 0 Å². The summed E-state index contributed by atoms with van der Waals surface area (Å²) in [6.45, 7) is 9.45. The highest BCUT2D eigenvalue weighted by molar-refractivity contribution is 5.31. The molecule has 0 radical (unpaired) electrons. The maximum Gasteiger partial charge on any atom is -0.0137 e. The van der Waals surface area contributed by atoms with Crippen LogP contribution in [0.1, 0.15) is 47.0 Å². The third-order valence-corrected chi connectivity index (χ3v) is 4.37. The lowest BCUT2D eigenvalue weighted by molar-refractivity contribution is 0.236. The summed E-state index contributed by atoms with van der Waals surface area (Å²) in [5.74, 6) is 3.43. The Morgan fingerprint density at radius 1 is 1.27 bits per heavy atom. The van der Waals surface area contributed by atoms with Gasteiger partial charge in [-0.05, 0) is 49.9 Å². The van der Waals surface area contributed by atoms with Crippen LogP contribution >= 0.6 is 0 Å². The Hall–Kier alpha value is -0.520. The number of rotatable bonds is 1. The Bertz CT molecular complexity index is 293. The van der Waals surface area contributed by atoms with Gasteiger partial charge in [0.15, 0.2) is 0 Å². The summed E-state index contributed by atoms with van der Waals surface area (Å²) in [6.07, 6.45) is 9.04. The molecule has 0 unspecified atom stereocenters. The largest absolute Gasteiger partial charge is 0.0810 e. The summed E-state index contributed by atoms with van der Waals surface area (Å²) < 4.78 is 0. The fourth-order valence-corrected chi connectivity index (χ4v) is 3.35. The van der Waals surface area contributed by atoms with Crippen LogP contribution in [0.4, 0.5) is 0 Å². The van der Waals surface area contributed by atoms with Gasteiger partial charge in [-0.1, -0.05) is 44.1 Å². The Labute approximate surface area is 94.5 Å². The van der Waals surface area contributed by atoms with Crippen LogP contribution in [0, 0.1) is 23.7 Å². The normalized spacial score (nSPS) is 35.9. The number of fused-ring (bicyclic) bond motifs is 1. The summed E-state index contributed by atoms with van der Waals surface area (Å²) in [4.78, 5) is 0. The van der Waals surface area contributed by atoms with Crippen molar-refractivity contribution in [3.8, 4) is 0 Å². The fraction of sp³-hybridized carbons (Fsp3) is 0.733. The van der Waals surface area contributed by atoms with E-state index in [9.17, 15) is 0 Å². The molecule has 0 nitrogen and oxygen atoms in total. The standard InChI is InChI=1S/C15H24/c1-10(2)13-8-6-12(4)14-7-5-11(3)9-15(13)14/h5,9-10,12-14H,6-8H2,1-4H3/t12-,13+,14-/m1/s1. The van der Waals surface area contributed by atoms with E-state index in [0.29, 0.717) is 0 Å². The minimum atomic E-state index is 0.817. The Kier molecular flexibility index (Phi) is 3.04. The molecule has 1 saturated carbocycles. The minimum absolute atomic E-state index is 0.817. The van der Waals surface area contributed by atoms with Crippen LogP contribution < -0.4 is 0 Å². The van der Waals surface area contributed by atoms with Crippen LogP contribution in [0.25, 0.3) is 0 Å². The first-order valence-electron chi connectivity index (χ1n) is 6.48. The molecule has 0 bridgehead atoms. The van der Waals surface area contributed by atoms with Crippen LogP contribution in [-0.4, -0.2) is 0 Å². The molecule has 0 aliphatic heterocycles. The maximum atomic E-state index is 2.48. The van der Waals surface area contributed by atoms with Crippen LogP contribution in [0.2, 0.25) is 0 Å². The molecule has 1 fully saturated rings. The average molecular weight is 204 g/mol. The smallest absolute Gasteiger partial charge is 0.0137 e. The van der Waals surface area contributed by atoms with Crippen molar-refractivity contribution in [3.63, 3.8) is 0 Å². The molecule has 3 atom stereocenters. The van der Waals surface area contributed by atoms with E-state index >= 15 is 0 Å². The molecular weight excluding hydrogens is 180 g/mol. The molecule has 0 N–H and O–H groups in total. The topological polar surface area (TPSA) is 0 Å². The Morgan fingerprint density at radius 2 is 2.00 bits per heavy atom. The molecule has 0 aromatic rings. The molecule has 2 aliphatic carbocycles. The second-order valence-corrected chi connectivity index (χ2v) is 5.84. The first-order chi connectivity index (χ1) is 7.09. The van der Waals surface area contributed by atoms with Crippen molar-refractivity contribution in [2.24, 2.45) is 23.7 Å². The lowest BCUT2D eigenvalue weighted by Gasteiger charge is -2.40. The monoisotopic (exact) mass is 204 g/mol. The first-order valence-corrected chi connectivity index (χ1v) is 6.48. The van der Waals surface area contributed by atoms with Crippen LogP contribution in [0.5, 0.6) is 0 Å². The van der Waals surface area contributed by atoms with Crippen molar-refractivity contribution in [1.82, 2.24) is 0 Å². The second kappa shape index (κ2) is 4.15. The maximum absolute atomic E-state index is 2.48. The highest BCUT2D eigenvalue weighted by Crippen LogP contribution is 2.45. The lowest BCUT2D eigenvalue weighted by Crippen LogP contribution is -2.30. The molecule has 2 aliphatic rings. The second-order valence-electron chi connectivity index (χ2n) is 5.84. The average Bonchev–Trinajstić information content (AvgIpc) is 2.17. The van der Waals surface area contributed by atoms with Gasteiger partial charge >= 0.3 is 0 Å². The summed E-state index contributed by atoms with van der Waals surface area (Å²) in [5, 5.41) is 0. The van der Waals surface area contributed by atoms with Gasteiger partial charge in [0.25, 0.3) is 0 Å². The van der Waals surface area contributed by atoms with E-state index in [1.807, 2.05) is 0 Å². The zero-order chi connectivity index (χ0) is 11.0. The van der Waals surface area contributed by atoms with Crippen molar-refractivity contribution in [2.45, 2.75) is 47.0 Å². The highest BCUT2D eigenvalue weighted by Gasteiger charge is 2.34. The van der Waals surface area contributed by atoms with Gasteiger partial charge in [0.1, 0.15) is 0 Å². The van der Waals surface area contributed by atoms with Crippen molar-refractivity contribution >= 4 is 0 Å². The summed E-state index contributed by atoms with van der Waals surface area (Å²) >= 11 is 0. The lowest BCUT2D eigenvalue weighted by atomic mass is 9.65. The molecular formula is C15H24. The van der Waals surface area contributed by atoms with Gasteiger partial charge in [0, 0.05) is 0 Å². The molecule has 0 amide bonds. The molecule has 0 spiro atoms. The molecule has 0 aromatic heterocycles. The van der Waals surface area contributed by atoms with Crippen LogP contribution in [0.3, 0.4) is 0 Å². The van der Waals surface area contributed by atoms with Gasteiger partial charge in [-0.25, -0.2) is 0 Å². The molecule has 0 heteroatoms. The van der Waals surface area contributed by atoms with E-state index in [1.54, 1.807) is 5.57 Å². The highest BCUT2D eigenvalue weighted by atomic mass is 14.4. The van der Waals surface area contributed by atoms with E-state index in [4.69, 9.17) is 0 Å². The molecule has 0 aromatic carbocycles. The quantitative estimate of drug-likeness (QED) is 0.586. The van der Waals surface area contributed by atoms with E-state index in [0.717, 1.165) is 23.7 Å². The third-order valence-electron chi connectivity index (χ3n) is 4.37. The first kappa shape index (κ1) is 11.0. The minimum Gasteiger partial charge on any atom is -0.0810 e. The van der Waals surface area contributed by atoms with Crippen molar-refractivity contribution in [3.05, 3.63) is 23.3 Å². The number of allylic oxidation sites excluding steroid dienone is 4. The fourth-order valence-electron chi connectivity index (χ4n) is 3.35. The summed E-state index contributed by atoms with van der Waals surface area (Å²) in [5.41, 5.74) is 3.25. The van der Waals surface area contributed by atoms with Crippen molar-refractivity contribution in [2.75, 3.05) is 0 Å². The van der Waals surface area contributed by atoms with Gasteiger partial charge < -0.3 is 0 Å². The molecule has 15 heavy (non-hydrogen) atoms. The third kappa shape index (κ3) is 2.04. The van der Waals surface area contributed by atoms with E-state index < -0.39 is 0 Å². The summed E-state index contributed by atoms with van der Waals surface area (Å²) in [6, 6.07) is 0. The van der Waals surface area contributed by atoms with E-state index in [2.05, 4.69) is 39.8 Å². The van der Waals surface area contributed by atoms with Gasteiger partial charge in [0.2, 0.25) is 0 Å². The van der Waals surface area contributed by atoms with E-state index in [-0.39, 0.29) is 0 Å². The number of hydrogen-bond acceptors (Lipinski definition) is 0. The Balaban J connectivity index is 2.28. The van der Waals surface area contributed by atoms with Crippen LogP contribution in [-0.2, 0) is 0 Å². The SMILES string of the molecule is CC1=CC[C@H]2C(=C1)[C@H](C(C)C)CC[C@H]2C. The van der Waals surface area contributed by atoms with Crippen molar-refractivity contribution < 1.29 is 0 Å². The van der Waals surface area contributed by atoms with Gasteiger partial charge in [-0.2, -0.15) is 0 Å².